The van der Waals surface area contributed by atoms with Gasteiger partial charge in [-0.2, -0.15) is 13.2 Å². The number of carbonyl (C=O) groups is 1. The number of anilines is 1. The fraction of sp³-hybridized carbons (Fsp3) is 0.125. The summed E-state index contributed by atoms with van der Waals surface area (Å²) >= 11 is 0. The first kappa shape index (κ1) is 10.5. The average Bonchev–Trinajstić information content (AvgIpc) is 2.15. The quantitative estimate of drug-likeness (QED) is 0.438. The summed E-state index contributed by atoms with van der Waals surface area (Å²) in [6, 6.07) is 3.09. The normalized spacial score (nSPS) is 11.1. The third-order valence-corrected chi connectivity index (χ3v) is 1.64. The monoisotopic (exact) mass is 204 g/mol. The van der Waals surface area contributed by atoms with Gasteiger partial charge in [-0.3, -0.25) is 10.6 Å². The number of carbonyl (C=O) groups excluding carboxylic acids is 1. The molecule has 0 heterocycles. The lowest BCUT2D eigenvalue weighted by Crippen LogP contribution is -2.15. The van der Waals surface area contributed by atoms with E-state index in [4.69, 9.17) is 5.84 Å². The SMILES string of the molecule is NNc1ccc(C=O)cc1C(F)(F)F. The topological polar surface area (TPSA) is 55.1 Å². The van der Waals surface area contributed by atoms with Crippen LogP contribution in [-0.4, -0.2) is 6.29 Å². The van der Waals surface area contributed by atoms with Gasteiger partial charge in [0.05, 0.1) is 11.3 Å². The van der Waals surface area contributed by atoms with Gasteiger partial charge < -0.3 is 5.43 Å². The number of nitrogen functional groups attached to an aromatic ring is 1. The van der Waals surface area contributed by atoms with Crippen LogP contribution < -0.4 is 11.3 Å². The van der Waals surface area contributed by atoms with Crippen molar-refractivity contribution < 1.29 is 18.0 Å². The largest absolute Gasteiger partial charge is 0.418 e. The van der Waals surface area contributed by atoms with Crippen molar-refractivity contribution in [3.8, 4) is 0 Å². The molecule has 0 atom stereocenters. The summed E-state index contributed by atoms with van der Waals surface area (Å²) in [6.07, 6.45) is -4.18. The number of aldehydes is 1. The van der Waals surface area contributed by atoms with Crippen molar-refractivity contribution in [3.05, 3.63) is 29.3 Å². The molecule has 1 rings (SSSR count). The average molecular weight is 204 g/mol. The van der Waals surface area contributed by atoms with Crippen LogP contribution in [0.15, 0.2) is 18.2 Å². The zero-order valence-corrected chi connectivity index (χ0v) is 6.93. The molecule has 1 aromatic carbocycles. The number of hydrazine groups is 1. The highest BCUT2D eigenvalue weighted by molar-refractivity contribution is 5.77. The molecule has 0 bridgehead atoms. The fourth-order valence-electron chi connectivity index (χ4n) is 0.996. The molecule has 0 aliphatic heterocycles. The highest BCUT2D eigenvalue weighted by Gasteiger charge is 2.33. The molecule has 3 N–H and O–H groups in total. The van der Waals surface area contributed by atoms with Gasteiger partial charge in [-0.25, -0.2) is 0 Å². The molecule has 76 valence electrons. The maximum absolute atomic E-state index is 12.3. The molecule has 6 heteroatoms. The Kier molecular flexibility index (Phi) is 2.76. The van der Waals surface area contributed by atoms with E-state index < -0.39 is 11.7 Å². The summed E-state index contributed by atoms with van der Waals surface area (Å²) in [5.74, 6) is 4.90. The number of benzene rings is 1. The van der Waals surface area contributed by atoms with Crippen molar-refractivity contribution >= 4 is 12.0 Å². The number of hydrogen-bond acceptors (Lipinski definition) is 3. The lowest BCUT2D eigenvalue weighted by Gasteiger charge is -2.12. The summed E-state index contributed by atoms with van der Waals surface area (Å²) < 4.78 is 37.0. The number of alkyl halides is 3. The molecule has 0 saturated carbocycles. The van der Waals surface area contributed by atoms with Crippen LogP contribution in [0.25, 0.3) is 0 Å². The molecule has 0 saturated heterocycles. The molecule has 1 aromatic rings. The van der Waals surface area contributed by atoms with Crippen LogP contribution in [0.4, 0.5) is 18.9 Å². The summed E-state index contributed by atoms with van der Waals surface area (Å²) in [6.45, 7) is 0. The van der Waals surface area contributed by atoms with Crippen LogP contribution in [0.1, 0.15) is 15.9 Å². The van der Waals surface area contributed by atoms with E-state index in [9.17, 15) is 18.0 Å². The maximum atomic E-state index is 12.3. The van der Waals surface area contributed by atoms with Gasteiger partial charge in [0, 0.05) is 5.56 Å². The molecule has 0 aromatic heterocycles. The molecular formula is C8H7F3N2O. The van der Waals surface area contributed by atoms with Crippen LogP contribution in [0.2, 0.25) is 0 Å². The van der Waals surface area contributed by atoms with Crippen LogP contribution in [0, 0.1) is 0 Å². The van der Waals surface area contributed by atoms with E-state index in [1.165, 1.54) is 6.07 Å². The third kappa shape index (κ3) is 2.02. The van der Waals surface area contributed by atoms with Crippen LogP contribution in [0.5, 0.6) is 0 Å². The summed E-state index contributed by atoms with van der Waals surface area (Å²) in [5, 5.41) is 0. The van der Waals surface area contributed by atoms with E-state index in [1.807, 2.05) is 5.43 Å². The minimum Gasteiger partial charge on any atom is -0.324 e. The Morgan fingerprint density at radius 3 is 2.43 bits per heavy atom. The third-order valence-electron chi connectivity index (χ3n) is 1.64. The van der Waals surface area contributed by atoms with Crippen LogP contribution in [0.3, 0.4) is 0 Å². The first-order valence-electron chi connectivity index (χ1n) is 3.62. The Hall–Kier alpha value is -1.56. The number of rotatable bonds is 2. The lowest BCUT2D eigenvalue weighted by molar-refractivity contribution is -0.137. The lowest BCUT2D eigenvalue weighted by atomic mass is 10.1. The van der Waals surface area contributed by atoms with Crippen molar-refractivity contribution in [2.45, 2.75) is 6.18 Å². The van der Waals surface area contributed by atoms with E-state index >= 15 is 0 Å². The smallest absolute Gasteiger partial charge is 0.324 e. The molecule has 3 nitrogen and oxygen atoms in total. The second-order valence-electron chi connectivity index (χ2n) is 2.56. The van der Waals surface area contributed by atoms with Gasteiger partial charge >= 0.3 is 6.18 Å². The van der Waals surface area contributed by atoms with E-state index in [0.717, 1.165) is 12.1 Å². The van der Waals surface area contributed by atoms with Crippen molar-refractivity contribution in [3.63, 3.8) is 0 Å². The van der Waals surface area contributed by atoms with Gasteiger partial charge in [0.15, 0.2) is 0 Å². The molecule has 0 fully saturated rings. The number of halogens is 3. The Balaban J connectivity index is 3.29. The second kappa shape index (κ2) is 3.67. The Bertz CT molecular complexity index is 349. The molecule has 0 unspecified atom stereocenters. The molecule has 14 heavy (non-hydrogen) atoms. The van der Waals surface area contributed by atoms with Crippen molar-refractivity contribution in [1.29, 1.82) is 0 Å². The summed E-state index contributed by atoms with van der Waals surface area (Å²) in [4.78, 5) is 10.3. The molecule has 0 spiro atoms. The van der Waals surface area contributed by atoms with Crippen LogP contribution in [-0.2, 0) is 6.18 Å². The van der Waals surface area contributed by atoms with E-state index in [-0.39, 0.29) is 11.3 Å². The van der Waals surface area contributed by atoms with Crippen molar-refractivity contribution in [2.24, 2.45) is 5.84 Å². The van der Waals surface area contributed by atoms with Gasteiger partial charge in [-0.15, -0.1) is 0 Å². The van der Waals surface area contributed by atoms with Gasteiger partial charge in [-0.1, -0.05) is 0 Å². The molecule has 0 aliphatic carbocycles. The van der Waals surface area contributed by atoms with Gasteiger partial charge in [0.25, 0.3) is 0 Å². The number of nitrogens with two attached hydrogens (primary N) is 1. The van der Waals surface area contributed by atoms with Gasteiger partial charge in [0.1, 0.15) is 6.29 Å². The Morgan fingerprint density at radius 2 is 2.00 bits per heavy atom. The Labute approximate surface area is 77.7 Å². The van der Waals surface area contributed by atoms with E-state index in [1.54, 1.807) is 0 Å². The van der Waals surface area contributed by atoms with Crippen LogP contribution >= 0.6 is 0 Å². The molecule has 0 radical (unpaired) electrons. The summed E-state index contributed by atoms with van der Waals surface area (Å²) in [7, 11) is 0. The highest BCUT2D eigenvalue weighted by atomic mass is 19.4. The standard InChI is InChI=1S/C8H7F3N2O/c9-8(10,11)6-3-5(4-14)1-2-7(6)13-12/h1-4,13H,12H2. The van der Waals surface area contributed by atoms with Crippen molar-refractivity contribution in [1.82, 2.24) is 0 Å². The highest BCUT2D eigenvalue weighted by Crippen LogP contribution is 2.34. The van der Waals surface area contributed by atoms with E-state index in [2.05, 4.69) is 0 Å². The minimum absolute atomic E-state index is 0.0451. The summed E-state index contributed by atoms with van der Waals surface area (Å²) in [5.41, 5.74) is 0.657. The molecular weight excluding hydrogens is 197 g/mol. The predicted molar refractivity (Wildman–Crippen MR) is 44.6 cm³/mol. The molecule has 0 aliphatic rings. The second-order valence-corrected chi connectivity index (χ2v) is 2.56. The predicted octanol–water partition coefficient (Wildman–Crippen LogP) is 1.80. The first-order chi connectivity index (χ1) is 6.49. The number of hydrogen-bond donors (Lipinski definition) is 2. The van der Waals surface area contributed by atoms with E-state index in [0.29, 0.717) is 6.29 Å². The Morgan fingerprint density at radius 1 is 1.36 bits per heavy atom. The zero-order chi connectivity index (χ0) is 10.8. The zero-order valence-electron chi connectivity index (χ0n) is 6.93. The van der Waals surface area contributed by atoms with Crippen molar-refractivity contribution in [2.75, 3.05) is 5.43 Å². The first-order valence-corrected chi connectivity index (χ1v) is 3.62. The fourth-order valence-corrected chi connectivity index (χ4v) is 0.996. The minimum atomic E-state index is -4.53. The van der Waals surface area contributed by atoms with Gasteiger partial charge in [-0.05, 0) is 18.2 Å². The maximum Gasteiger partial charge on any atom is 0.418 e. The van der Waals surface area contributed by atoms with Gasteiger partial charge in [0.2, 0.25) is 0 Å². The number of nitrogens with one attached hydrogen (secondary N) is 1. The molecule has 0 amide bonds.